The fraction of sp³-hybridized carbons (Fsp3) is 0.385. The van der Waals surface area contributed by atoms with Crippen molar-refractivity contribution in [1.82, 2.24) is 4.90 Å². The van der Waals surface area contributed by atoms with Gasteiger partial charge in [-0.25, -0.2) is 4.79 Å². The van der Waals surface area contributed by atoms with Crippen molar-refractivity contribution in [2.45, 2.75) is 19.4 Å². The van der Waals surface area contributed by atoms with Gasteiger partial charge in [0, 0.05) is 24.8 Å². The summed E-state index contributed by atoms with van der Waals surface area (Å²) in [7, 11) is 3.24. The monoisotopic (exact) mass is 247 g/mol. The largest absolute Gasteiger partial charge is 0.497 e. The number of nitriles is 1. The normalized spacial score (nSPS) is 11.2. The summed E-state index contributed by atoms with van der Waals surface area (Å²) in [6, 6.07) is 8.79. The van der Waals surface area contributed by atoms with Crippen molar-refractivity contribution < 1.29 is 9.53 Å². The maximum absolute atomic E-state index is 11.9. The number of anilines is 1. The summed E-state index contributed by atoms with van der Waals surface area (Å²) in [5.41, 5.74) is 0.662. The van der Waals surface area contributed by atoms with E-state index in [0.717, 1.165) is 0 Å². The zero-order valence-electron chi connectivity index (χ0n) is 10.8. The smallest absolute Gasteiger partial charge is 0.321 e. The SMILES string of the molecule is COc1cccc(NC(=O)N(C)C(C)CC#N)c1. The van der Waals surface area contributed by atoms with Gasteiger partial charge in [0.05, 0.1) is 19.6 Å². The van der Waals surface area contributed by atoms with E-state index in [1.165, 1.54) is 4.90 Å². The zero-order valence-corrected chi connectivity index (χ0v) is 10.8. The predicted molar refractivity (Wildman–Crippen MR) is 69.5 cm³/mol. The molecule has 0 fully saturated rings. The highest BCUT2D eigenvalue weighted by Crippen LogP contribution is 2.17. The molecule has 1 unspecified atom stereocenters. The van der Waals surface area contributed by atoms with Crippen LogP contribution in [0.4, 0.5) is 10.5 Å². The predicted octanol–water partition coefficient (Wildman–Crippen LogP) is 2.46. The number of hydrogen-bond donors (Lipinski definition) is 1. The molecule has 5 heteroatoms. The van der Waals surface area contributed by atoms with Crippen LogP contribution in [0.3, 0.4) is 0 Å². The molecule has 96 valence electrons. The third kappa shape index (κ3) is 3.67. The second-order valence-corrected chi connectivity index (χ2v) is 3.98. The first kappa shape index (κ1) is 13.8. The van der Waals surface area contributed by atoms with Crippen molar-refractivity contribution in [2.24, 2.45) is 0 Å². The van der Waals surface area contributed by atoms with Gasteiger partial charge in [-0.1, -0.05) is 6.07 Å². The van der Waals surface area contributed by atoms with Gasteiger partial charge in [-0.15, -0.1) is 0 Å². The molecule has 0 aliphatic heterocycles. The van der Waals surface area contributed by atoms with Crippen molar-refractivity contribution in [1.29, 1.82) is 5.26 Å². The number of urea groups is 1. The Kier molecular flexibility index (Phi) is 5.00. The van der Waals surface area contributed by atoms with Crippen LogP contribution in [-0.2, 0) is 0 Å². The molecule has 0 heterocycles. The number of carbonyl (C=O) groups is 1. The van der Waals surface area contributed by atoms with Crippen molar-refractivity contribution in [3.05, 3.63) is 24.3 Å². The van der Waals surface area contributed by atoms with Crippen LogP contribution in [-0.4, -0.2) is 31.1 Å². The van der Waals surface area contributed by atoms with Crippen LogP contribution in [0.2, 0.25) is 0 Å². The van der Waals surface area contributed by atoms with Crippen LogP contribution in [0.1, 0.15) is 13.3 Å². The number of methoxy groups -OCH3 is 1. The molecular weight excluding hydrogens is 230 g/mol. The maximum atomic E-state index is 11.9. The van der Waals surface area contributed by atoms with E-state index in [-0.39, 0.29) is 12.1 Å². The van der Waals surface area contributed by atoms with Gasteiger partial charge < -0.3 is 15.0 Å². The standard InChI is InChI=1S/C13H17N3O2/c1-10(7-8-14)16(2)13(17)15-11-5-4-6-12(9-11)18-3/h4-6,9-10H,7H2,1-3H3,(H,15,17). The number of rotatable bonds is 4. The van der Waals surface area contributed by atoms with Crippen molar-refractivity contribution in [2.75, 3.05) is 19.5 Å². The molecule has 1 N–H and O–H groups in total. The number of benzene rings is 1. The van der Waals surface area contributed by atoms with E-state index in [9.17, 15) is 4.79 Å². The number of nitrogens with zero attached hydrogens (tertiary/aromatic N) is 2. The van der Waals surface area contributed by atoms with E-state index in [2.05, 4.69) is 5.32 Å². The minimum atomic E-state index is -0.244. The fourth-order valence-corrected chi connectivity index (χ4v) is 1.38. The van der Waals surface area contributed by atoms with Crippen molar-refractivity contribution in [3.8, 4) is 11.8 Å². The van der Waals surface area contributed by atoms with Crippen molar-refractivity contribution >= 4 is 11.7 Å². The molecule has 1 aromatic carbocycles. The summed E-state index contributed by atoms with van der Waals surface area (Å²) in [4.78, 5) is 13.4. The molecule has 1 rings (SSSR count). The lowest BCUT2D eigenvalue weighted by Crippen LogP contribution is -2.38. The van der Waals surface area contributed by atoms with E-state index < -0.39 is 0 Å². The first-order valence-corrected chi connectivity index (χ1v) is 5.63. The Morgan fingerprint density at radius 3 is 2.94 bits per heavy atom. The van der Waals surface area contributed by atoms with E-state index in [1.807, 2.05) is 13.0 Å². The number of hydrogen-bond acceptors (Lipinski definition) is 3. The average molecular weight is 247 g/mol. The summed E-state index contributed by atoms with van der Waals surface area (Å²) in [6.07, 6.45) is 0.308. The van der Waals surface area contributed by atoms with E-state index in [4.69, 9.17) is 10.00 Å². The second kappa shape index (κ2) is 6.50. The maximum Gasteiger partial charge on any atom is 0.321 e. The summed E-state index contributed by atoms with van der Waals surface area (Å²) in [5.74, 6) is 0.681. The molecule has 5 nitrogen and oxygen atoms in total. The minimum absolute atomic E-state index is 0.124. The first-order valence-electron chi connectivity index (χ1n) is 5.63. The Balaban J connectivity index is 2.66. The lowest BCUT2D eigenvalue weighted by molar-refractivity contribution is 0.208. The summed E-state index contributed by atoms with van der Waals surface area (Å²) >= 11 is 0. The topological polar surface area (TPSA) is 65.4 Å². The third-order valence-electron chi connectivity index (χ3n) is 2.69. The number of carbonyl (C=O) groups excluding carboxylic acids is 1. The van der Waals surface area contributed by atoms with Crippen LogP contribution < -0.4 is 10.1 Å². The van der Waals surface area contributed by atoms with Gasteiger partial charge in [-0.05, 0) is 19.1 Å². The lowest BCUT2D eigenvalue weighted by atomic mass is 10.2. The molecule has 2 amide bonds. The van der Waals surface area contributed by atoms with Crippen LogP contribution in [0, 0.1) is 11.3 Å². The van der Waals surface area contributed by atoms with Crippen LogP contribution in [0.5, 0.6) is 5.75 Å². The van der Waals surface area contributed by atoms with Gasteiger partial charge in [0.2, 0.25) is 0 Å². The van der Waals surface area contributed by atoms with Crippen LogP contribution in [0.15, 0.2) is 24.3 Å². The first-order chi connectivity index (χ1) is 8.58. The molecule has 1 atom stereocenters. The third-order valence-corrected chi connectivity index (χ3v) is 2.69. The van der Waals surface area contributed by atoms with Gasteiger partial charge in [0.1, 0.15) is 5.75 Å². The summed E-state index contributed by atoms with van der Waals surface area (Å²) in [6.45, 7) is 1.83. The molecule has 1 aromatic rings. The quantitative estimate of drug-likeness (QED) is 0.888. The minimum Gasteiger partial charge on any atom is -0.497 e. The molecule has 0 aliphatic carbocycles. The number of nitrogens with one attached hydrogen (secondary N) is 1. The molecule has 0 aliphatic rings. The summed E-state index contributed by atoms with van der Waals surface area (Å²) < 4.78 is 5.07. The molecule has 0 saturated heterocycles. The Morgan fingerprint density at radius 2 is 2.33 bits per heavy atom. The van der Waals surface area contributed by atoms with Crippen LogP contribution in [0.25, 0.3) is 0 Å². The Morgan fingerprint density at radius 1 is 1.61 bits per heavy atom. The molecule has 18 heavy (non-hydrogen) atoms. The average Bonchev–Trinajstić information content (AvgIpc) is 2.38. The second-order valence-electron chi connectivity index (χ2n) is 3.98. The molecular formula is C13H17N3O2. The highest BCUT2D eigenvalue weighted by Gasteiger charge is 2.15. The van der Waals surface area contributed by atoms with Gasteiger partial charge >= 0.3 is 6.03 Å². The zero-order chi connectivity index (χ0) is 13.5. The summed E-state index contributed by atoms with van der Waals surface area (Å²) in [5, 5.41) is 11.4. The van der Waals surface area contributed by atoms with E-state index in [0.29, 0.717) is 17.9 Å². The van der Waals surface area contributed by atoms with Gasteiger partial charge in [0.15, 0.2) is 0 Å². The van der Waals surface area contributed by atoms with Gasteiger partial charge in [-0.3, -0.25) is 0 Å². The van der Waals surface area contributed by atoms with E-state index in [1.54, 1.807) is 38.4 Å². The molecule has 0 aromatic heterocycles. The Labute approximate surface area is 107 Å². The Bertz CT molecular complexity index is 454. The molecule has 0 bridgehead atoms. The van der Waals surface area contributed by atoms with E-state index >= 15 is 0 Å². The highest BCUT2D eigenvalue weighted by atomic mass is 16.5. The molecule has 0 saturated carbocycles. The fourth-order valence-electron chi connectivity index (χ4n) is 1.38. The highest BCUT2D eigenvalue weighted by molar-refractivity contribution is 5.89. The van der Waals surface area contributed by atoms with Gasteiger partial charge in [-0.2, -0.15) is 5.26 Å². The molecule has 0 spiro atoms. The number of amides is 2. The van der Waals surface area contributed by atoms with Gasteiger partial charge in [0.25, 0.3) is 0 Å². The lowest BCUT2D eigenvalue weighted by Gasteiger charge is -2.23. The van der Waals surface area contributed by atoms with Crippen molar-refractivity contribution in [3.63, 3.8) is 0 Å². The van der Waals surface area contributed by atoms with Crippen LogP contribution >= 0.6 is 0 Å². The molecule has 0 radical (unpaired) electrons. The Hall–Kier alpha value is -2.22. The number of ether oxygens (including phenoxy) is 1.